The van der Waals surface area contributed by atoms with E-state index in [2.05, 4.69) is 22.4 Å². The van der Waals surface area contributed by atoms with Gasteiger partial charge in [-0.05, 0) is 19.5 Å². The van der Waals surface area contributed by atoms with Crippen molar-refractivity contribution < 1.29 is 9.15 Å². The van der Waals surface area contributed by atoms with Gasteiger partial charge in [-0.2, -0.15) is 0 Å². The first-order valence-corrected chi connectivity index (χ1v) is 5.69. The van der Waals surface area contributed by atoms with Crippen LogP contribution in [0, 0.1) is 6.92 Å². The number of aromatic nitrogens is 2. The van der Waals surface area contributed by atoms with Crippen molar-refractivity contribution in [3.8, 4) is 5.88 Å². The van der Waals surface area contributed by atoms with Gasteiger partial charge in [-0.1, -0.05) is 6.92 Å². The number of nitrogens with one attached hydrogen (secondary N) is 2. The minimum Gasteiger partial charge on any atom is -0.468 e. The zero-order chi connectivity index (χ0) is 12.1. The van der Waals surface area contributed by atoms with E-state index in [-0.39, 0.29) is 0 Å². The van der Waals surface area contributed by atoms with Crippen LogP contribution in [0.1, 0.15) is 23.9 Å². The number of H-pyrrole nitrogens is 1. The lowest BCUT2D eigenvalue weighted by Crippen LogP contribution is -2.10. The highest BCUT2D eigenvalue weighted by Crippen LogP contribution is 2.12. The Bertz CT molecular complexity index is 462. The lowest BCUT2D eigenvalue weighted by molar-refractivity contribution is 0.260. The molecule has 0 saturated heterocycles. The van der Waals surface area contributed by atoms with Crippen molar-refractivity contribution >= 4 is 0 Å². The summed E-state index contributed by atoms with van der Waals surface area (Å²) in [5, 5.41) is 10.0. The van der Waals surface area contributed by atoms with Crippen LogP contribution in [0.15, 0.2) is 22.8 Å². The molecule has 2 rings (SSSR count). The number of aromatic amines is 1. The van der Waals surface area contributed by atoms with Gasteiger partial charge in [0, 0.05) is 23.9 Å². The SMILES string of the molecule is CCNCc1coc(COc2cc(C)[nH]n2)c1. The Morgan fingerprint density at radius 3 is 3.06 bits per heavy atom. The van der Waals surface area contributed by atoms with Crippen LogP contribution in [0.3, 0.4) is 0 Å². The summed E-state index contributed by atoms with van der Waals surface area (Å²) in [7, 11) is 0. The number of nitrogens with zero attached hydrogens (tertiary/aromatic N) is 1. The highest BCUT2D eigenvalue weighted by atomic mass is 16.5. The van der Waals surface area contributed by atoms with Gasteiger partial charge in [-0.25, -0.2) is 0 Å². The maximum atomic E-state index is 5.47. The van der Waals surface area contributed by atoms with Crippen molar-refractivity contribution in [2.24, 2.45) is 0 Å². The quantitative estimate of drug-likeness (QED) is 0.803. The summed E-state index contributed by atoms with van der Waals surface area (Å²) in [5.41, 5.74) is 2.11. The van der Waals surface area contributed by atoms with E-state index in [1.807, 2.05) is 19.1 Å². The number of furan rings is 1. The maximum absolute atomic E-state index is 5.47. The molecule has 0 aliphatic heterocycles. The lowest BCUT2D eigenvalue weighted by Gasteiger charge is -1.98. The van der Waals surface area contributed by atoms with Crippen LogP contribution in [-0.2, 0) is 13.2 Å². The molecular formula is C12H17N3O2. The van der Waals surface area contributed by atoms with Crippen LogP contribution >= 0.6 is 0 Å². The smallest absolute Gasteiger partial charge is 0.233 e. The van der Waals surface area contributed by atoms with Gasteiger partial charge < -0.3 is 14.5 Å². The molecule has 2 heterocycles. The predicted octanol–water partition coefficient (Wildman–Crippen LogP) is 2.00. The van der Waals surface area contributed by atoms with Gasteiger partial charge in [-0.15, -0.1) is 5.10 Å². The zero-order valence-electron chi connectivity index (χ0n) is 10.1. The molecule has 17 heavy (non-hydrogen) atoms. The molecule has 5 nitrogen and oxygen atoms in total. The Hall–Kier alpha value is -1.75. The Kier molecular flexibility index (Phi) is 3.82. The van der Waals surface area contributed by atoms with E-state index in [9.17, 15) is 0 Å². The van der Waals surface area contributed by atoms with E-state index in [0.717, 1.165) is 30.1 Å². The molecular weight excluding hydrogens is 218 g/mol. The Morgan fingerprint density at radius 1 is 1.47 bits per heavy atom. The molecule has 0 aromatic carbocycles. The van der Waals surface area contributed by atoms with Gasteiger partial charge in [0.2, 0.25) is 5.88 Å². The predicted molar refractivity (Wildman–Crippen MR) is 63.7 cm³/mol. The van der Waals surface area contributed by atoms with Crippen molar-refractivity contribution in [2.45, 2.75) is 27.0 Å². The largest absolute Gasteiger partial charge is 0.468 e. The van der Waals surface area contributed by atoms with Crippen molar-refractivity contribution in [3.05, 3.63) is 35.4 Å². The third-order valence-electron chi connectivity index (χ3n) is 2.33. The van der Waals surface area contributed by atoms with Crippen LogP contribution in [0.25, 0.3) is 0 Å². The average molecular weight is 235 g/mol. The Morgan fingerprint density at radius 2 is 2.35 bits per heavy atom. The van der Waals surface area contributed by atoms with E-state index in [0.29, 0.717) is 12.5 Å². The molecule has 0 fully saturated rings. The highest BCUT2D eigenvalue weighted by Gasteiger charge is 2.04. The fraction of sp³-hybridized carbons (Fsp3) is 0.417. The van der Waals surface area contributed by atoms with Crippen LogP contribution in [-0.4, -0.2) is 16.7 Å². The van der Waals surface area contributed by atoms with Gasteiger partial charge in [0.25, 0.3) is 0 Å². The number of hydrogen-bond donors (Lipinski definition) is 2. The van der Waals surface area contributed by atoms with Gasteiger partial charge in [-0.3, -0.25) is 5.10 Å². The first-order chi connectivity index (χ1) is 8.28. The fourth-order valence-electron chi connectivity index (χ4n) is 1.48. The Balaban J connectivity index is 1.84. The average Bonchev–Trinajstić information content (AvgIpc) is 2.93. The van der Waals surface area contributed by atoms with Crippen molar-refractivity contribution in [3.63, 3.8) is 0 Å². The molecule has 0 spiro atoms. The van der Waals surface area contributed by atoms with E-state index < -0.39 is 0 Å². The van der Waals surface area contributed by atoms with E-state index in [1.165, 1.54) is 0 Å². The molecule has 0 atom stereocenters. The summed E-state index contributed by atoms with van der Waals surface area (Å²) in [6, 6.07) is 3.84. The van der Waals surface area contributed by atoms with Crippen molar-refractivity contribution in [1.82, 2.24) is 15.5 Å². The van der Waals surface area contributed by atoms with E-state index in [1.54, 1.807) is 6.26 Å². The lowest BCUT2D eigenvalue weighted by atomic mass is 10.3. The molecule has 0 aliphatic rings. The molecule has 0 unspecified atom stereocenters. The van der Waals surface area contributed by atoms with Gasteiger partial charge in [0.05, 0.1) is 6.26 Å². The van der Waals surface area contributed by atoms with E-state index in [4.69, 9.17) is 9.15 Å². The first kappa shape index (κ1) is 11.7. The van der Waals surface area contributed by atoms with Crippen LogP contribution in [0.4, 0.5) is 0 Å². The molecule has 2 N–H and O–H groups in total. The fourth-order valence-corrected chi connectivity index (χ4v) is 1.48. The molecule has 0 bridgehead atoms. The minimum absolute atomic E-state index is 0.399. The second kappa shape index (κ2) is 5.54. The maximum Gasteiger partial charge on any atom is 0.233 e. The summed E-state index contributed by atoms with van der Waals surface area (Å²) in [5.74, 6) is 1.39. The summed E-state index contributed by atoms with van der Waals surface area (Å²) in [6.45, 7) is 6.17. The van der Waals surface area contributed by atoms with Crippen LogP contribution in [0.2, 0.25) is 0 Å². The second-order valence-corrected chi connectivity index (χ2v) is 3.88. The van der Waals surface area contributed by atoms with Gasteiger partial charge in [0.1, 0.15) is 12.4 Å². The molecule has 0 aliphatic carbocycles. The summed E-state index contributed by atoms with van der Waals surface area (Å²) in [4.78, 5) is 0. The van der Waals surface area contributed by atoms with Crippen LogP contribution in [0.5, 0.6) is 5.88 Å². The molecule has 0 saturated carbocycles. The second-order valence-electron chi connectivity index (χ2n) is 3.88. The minimum atomic E-state index is 0.399. The normalized spacial score (nSPS) is 10.7. The molecule has 2 aromatic heterocycles. The summed E-state index contributed by atoms with van der Waals surface area (Å²) in [6.07, 6.45) is 1.75. The standard InChI is InChI=1S/C12H17N3O2/c1-3-13-6-10-5-11(16-7-10)8-17-12-4-9(2)14-15-12/h4-5,7,13H,3,6,8H2,1-2H3,(H,14,15). The highest BCUT2D eigenvalue weighted by molar-refractivity contribution is 5.15. The summed E-state index contributed by atoms with van der Waals surface area (Å²) >= 11 is 0. The third-order valence-corrected chi connectivity index (χ3v) is 2.33. The Labute approximate surface area is 100 Å². The topological polar surface area (TPSA) is 63.1 Å². The molecule has 92 valence electrons. The molecule has 0 amide bonds. The summed E-state index contributed by atoms with van der Waals surface area (Å²) < 4.78 is 10.9. The van der Waals surface area contributed by atoms with Crippen molar-refractivity contribution in [1.29, 1.82) is 0 Å². The van der Waals surface area contributed by atoms with Crippen molar-refractivity contribution in [2.75, 3.05) is 6.54 Å². The van der Waals surface area contributed by atoms with Gasteiger partial charge >= 0.3 is 0 Å². The number of ether oxygens (including phenoxy) is 1. The monoisotopic (exact) mass is 235 g/mol. The first-order valence-electron chi connectivity index (χ1n) is 5.69. The number of aryl methyl sites for hydroxylation is 1. The third kappa shape index (κ3) is 3.35. The molecule has 2 aromatic rings. The zero-order valence-corrected chi connectivity index (χ0v) is 10.1. The number of rotatable bonds is 6. The number of hydrogen-bond acceptors (Lipinski definition) is 4. The van der Waals surface area contributed by atoms with Gasteiger partial charge in [0.15, 0.2) is 0 Å². The van der Waals surface area contributed by atoms with Crippen LogP contribution < -0.4 is 10.1 Å². The van der Waals surface area contributed by atoms with E-state index >= 15 is 0 Å². The molecule has 0 radical (unpaired) electrons. The molecule has 5 heteroatoms.